The molecule has 1 aliphatic carbocycles. The maximum absolute atomic E-state index is 6.50. The van der Waals surface area contributed by atoms with Gasteiger partial charge in [-0.1, -0.05) is 13.8 Å². The smallest absolute Gasteiger partial charge is 0.0788 e. The van der Waals surface area contributed by atoms with Crippen LogP contribution in [0.3, 0.4) is 0 Å². The third-order valence-electron chi connectivity index (χ3n) is 6.07. The van der Waals surface area contributed by atoms with Crippen LogP contribution in [0, 0.1) is 11.3 Å². The summed E-state index contributed by atoms with van der Waals surface area (Å²) in [6.45, 7) is 14.5. The fourth-order valence-electron chi connectivity index (χ4n) is 4.36. The van der Waals surface area contributed by atoms with Gasteiger partial charge >= 0.3 is 0 Å². The third kappa shape index (κ3) is 3.62. The van der Waals surface area contributed by atoms with Crippen molar-refractivity contribution in [3.63, 3.8) is 0 Å². The molecule has 1 saturated heterocycles. The zero-order valence-corrected chi connectivity index (χ0v) is 15.2. The van der Waals surface area contributed by atoms with E-state index in [-0.39, 0.29) is 17.2 Å². The molecular weight excluding hydrogens is 260 g/mol. The standard InChI is InChI=1S/C18H36N2O/c1-16(2)10-8-13(9-11-16)20(7)12-14-15(19)18(5,6)21-17(14,3)4/h13-15H,8-12,19H2,1-7H3. The first-order chi connectivity index (χ1) is 9.45. The van der Waals surface area contributed by atoms with Crippen molar-refractivity contribution in [2.24, 2.45) is 17.1 Å². The number of nitrogens with two attached hydrogens (primary N) is 1. The van der Waals surface area contributed by atoms with Gasteiger partial charge in [-0.05, 0) is 65.8 Å². The van der Waals surface area contributed by atoms with Crippen LogP contribution in [0.1, 0.15) is 67.2 Å². The minimum absolute atomic E-state index is 0.106. The predicted octanol–water partition coefficient (Wildman–Crippen LogP) is 3.42. The molecule has 0 bridgehead atoms. The van der Waals surface area contributed by atoms with Gasteiger partial charge < -0.3 is 15.4 Å². The van der Waals surface area contributed by atoms with E-state index in [0.29, 0.717) is 17.4 Å². The van der Waals surface area contributed by atoms with Crippen molar-refractivity contribution < 1.29 is 4.74 Å². The van der Waals surface area contributed by atoms with Crippen LogP contribution in [0.5, 0.6) is 0 Å². The van der Waals surface area contributed by atoms with E-state index in [4.69, 9.17) is 10.5 Å². The SMILES string of the molecule is CN(CC1C(N)C(C)(C)OC1(C)C)C1CCC(C)(C)CC1. The second-order valence-corrected chi connectivity index (χ2v) is 9.28. The number of hydrogen-bond donors (Lipinski definition) is 1. The number of ether oxygens (including phenoxy) is 1. The van der Waals surface area contributed by atoms with E-state index < -0.39 is 0 Å². The van der Waals surface area contributed by atoms with Gasteiger partial charge in [0.25, 0.3) is 0 Å². The van der Waals surface area contributed by atoms with Crippen LogP contribution in [0.2, 0.25) is 0 Å². The lowest BCUT2D eigenvalue weighted by Crippen LogP contribution is -2.49. The van der Waals surface area contributed by atoms with E-state index in [1.165, 1.54) is 25.7 Å². The Kier molecular flexibility index (Phi) is 4.52. The molecule has 1 saturated carbocycles. The topological polar surface area (TPSA) is 38.5 Å². The Hall–Kier alpha value is -0.120. The molecule has 0 aromatic heterocycles. The van der Waals surface area contributed by atoms with Crippen molar-refractivity contribution >= 4 is 0 Å². The Bertz CT molecular complexity index is 365. The van der Waals surface area contributed by atoms with Gasteiger partial charge in [-0.2, -0.15) is 0 Å². The largest absolute Gasteiger partial charge is 0.368 e. The van der Waals surface area contributed by atoms with Crippen molar-refractivity contribution in [2.45, 2.75) is 90.5 Å². The van der Waals surface area contributed by atoms with Gasteiger partial charge in [0.15, 0.2) is 0 Å². The van der Waals surface area contributed by atoms with Crippen LogP contribution in [-0.4, -0.2) is 41.8 Å². The second-order valence-electron chi connectivity index (χ2n) is 9.28. The molecule has 2 aliphatic rings. The van der Waals surface area contributed by atoms with Crippen LogP contribution in [0.15, 0.2) is 0 Å². The molecule has 0 aromatic rings. The summed E-state index contributed by atoms with van der Waals surface area (Å²) < 4.78 is 6.23. The van der Waals surface area contributed by atoms with Gasteiger partial charge in [0.2, 0.25) is 0 Å². The Labute approximate surface area is 131 Å². The molecular formula is C18H36N2O. The normalized spacial score (nSPS) is 35.3. The average Bonchev–Trinajstić information content (AvgIpc) is 2.47. The third-order valence-corrected chi connectivity index (χ3v) is 6.07. The van der Waals surface area contributed by atoms with Gasteiger partial charge in [0.05, 0.1) is 11.2 Å². The molecule has 2 rings (SSSR count). The van der Waals surface area contributed by atoms with Crippen molar-refractivity contribution in [1.82, 2.24) is 4.90 Å². The highest BCUT2D eigenvalue weighted by atomic mass is 16.5. The Balaban J connectivity index is 1.98. The highest BCUT2D eigenvalue weighted by molar-refractivity contribution is 5.05. The lowest BCUT2D eigenvalue weighted by Gasteiger charge is -2.41. The summed E-state index contributed by atoms with van der Waals surface area (Å²) in [5.41, 5.74) is 6.68. The molecule has 0 aromatic carbocycles. The molecule has 124 valence electrons. The molecule has 1 heterocycles. The summed E-state index contributed by atoms with van der Waals surface area (Å²) in [5, 5.41) is 0. The lowest BCUT2D eigenvalue weighted by molar-refractivity contribution is -0.0791. The predicted molar refractivity (Wildman–Crippen MR) is 89.4 cm³/mol. The quantitative estimate of drug-likeness (QED) is 0.867. The summed E-state index contributed by atoms with van der Waals surface area (Å²) in [5.74, 6) is 0.396. The first-order valence-electron chi connectivity index (χ1n) is 8.61. The molecule has 21 heavy (non-hydrogen) atoms. The second kappa shape index (κ2) is 5.50. The first-order valence-corrected chi connectivity index (χ1v) is 8.61. The number of rotatable bonds is 3. The highest BCUT2D eigenvalue weighted by Gasteiger charge is 2.52. The van der Waals surface area contributed by atoms with E-state index in [1.807, 2.05) is 0 Å². The van der Waals surface area contributed by atoms with Crippen molar-refractivity contribution in [3.05, 3.63) is 0 Å². The van der Waals surface area contributed by atoms with Crippen LogP contribution in [0.4, 0.5) is 0 Å². The summed E-state index contributed by atoms with van der Waals surface area (Å²) in [6, 6.07) is 0.819. The van der Waals surface area contributed by atoms with Crippen LogP contribution < -0.4 is 5.73 Å². The molecule has 0 amide bonds. The molecule has 3 nitrogen and oxygen atoms in total. The monoisotopic (exact) mass is 296 g/mol. The van der Waals surface area contributed by atoms with E-state index in [2.05, 4.69) is 53.5 Å². The number of nitrogens with zero attached hydrogens (tertiary/aromatic N) is 1. The van der Waals surface area contributed by atoms with Gasteiger partial charge in [-0.3, -0.25) is 0 Å². The molecule has 3 heteroatoms. The summed E-state index contributed by atoms with van der Waals surface area (Å²) in [7, 11) is 2.27. The Morgan fingerprint density at radius 2 is 1.52 bits per heavy atom. The molecule has 2 fully saturated rings. The first kappa shape index (κ1) is 17.2. The number of hydrogen-bond acceptors (Lipinski definition) is 3. The molecule has 1 aliphatic heterocycles. The zero-order valence-electron chi connectivity index (χ0n) is 15.2. The molecule has 0 radical (unpaired) electrons. The minimum atomic E-state index is -0.219. The van der Waals surface area contributed by atoms with Crippen LogP contribution >= 0.6 is 0 Å². The molecule has 0 spiro atoms. The molecule has 2 N–H and O–H groups in total. The van der Waals surface area contributed by atoms with E-state index in [1.54, 1.807) is 0 Å². The van der Waals surface area contributed by atoms with Crippen molar-refractivity contribution in [3.8, 4) is 0 Å². The molecule has 2 unspecified atom stereocenters. The van der Waals surface area contributed by atoms with Crippen LogP contribution in [-0.2, 0) is 4.74 Å². The fraction of sp³-hybridized carbons (Fsp3) is 1.00. The zero-order chi connectivity index (χ0) is 16.1. The fourth-order valence-corrected chi connectivity index (χ4v) is 4.36. The highest BCUT2D eigenvalue weighted by Crippen LogP contribution is 2.42. The maximum Gasteiger partial charge on any atom is 0.0788 e. The van der Waals surface area contributed by atoms with Gasteiger partial charge in [-0.25, -0.2) is 0 Å². The Morgan fingerprint density at radius 1 is 1.00 bits per heavy atom. The minimum Gasteiger partial charge on any atom is -0.368 e. The van der Waals surface area contributed by atoms with Gasteiger partial charge in [0.1, 0.15) is 0 Å². The van der Waals surface area contributed by atoms with E-state index >= 15 is 0 Å². The van der Waals surface area contributed by atoms with Gasteiger partial charge in [0, 0.05) is 24.5 Å². The lowest BCUT2D eigenvalue weighted by atomic mass is 9.75. The van der Waals surface area contributed by atoms with Crippen molar-refractivity contribution in [1.29, 1.82) is 0 Å². The van der Waals surface area contributed by atoms with Gasteiger partial charge in [-0.15, -0.1) is 0 Å². The Morgan fingerprint density at radius 3 is 1.95 bits per heavy atom. The average molecular weight is 296 g/mol. The summed E-state index contributed by atoms with van der Waals surface area (Å²) in [4.78, 5) is 2.55. The van der Waals surface area contributed by atoms with Crippen molar-refractivity contribution in [2.75, 3.05) is 13.6 Å². The van der Waals surface area contributed by atoms with Crippen LogP contribution in [0.25, 0.3) is 0 Å². The summed E-state index contributed by atoms with van der Waals surface area (Å²) in [6.07, 6.45) is 5.31. The molecule has 2 atom stereocenters. The van der Waals surface area contributed by atoms with E-state index in [9.17, 15) is 0 Å². The maximum atomic E-state index is 6.50. The summed E-state index contributed by atoms with van der Waals surface area (Å²) >= 11 is 0. The van der Waals surface area contributed by atoms with E-state index in [0.717, 1.165) is 6.54 Å².